The zero-order chi connectivity index (χ0) is 55.2. The Bertz CT molecular complexity index is 5490. The molecule has 85 heavy (non-hydrogen) atoms. The normalized spacial score (nSPS) is 13.5. The third kappa shape index (κ3) is 6.27. The Morgan fingerprint density at radius 1 is 0.212 bits per heavy atom. The van der Waals surface area contributed by atoms with Gasteiger partial charge < -0.3 is 9.80 Å². The molecule has 18 aromatic rings. The highest BCUT2D eigenvalue weighted by molar-refractivity contribution is 6.33. The van der Waals surface area contributed by atoms with Crippen LogP contribution in [0.5, 0.6) is 0 Å². The third-order valence-corrected chi connectivity index (χ3v) is 19.8. The molecule has 0 amide bonds. The monoisotopic (exact) mass is 1070 g/mol. The summed E-state index contributed by atoms with van der Waals surface area (Å²) in [6.07, 6.45) is 0. The van der Waals surface area contributed by atoms with Gasteiger partial charge in [0, 0.05) is 23.9 Å². The van der Waals surface area contributed by atoms with Crippen molar-refractivity contribution in [1.82, 2.24) is 0 Å². The molecule has 0 saturated heterocycles. The molecule has 0 aliphatic carbocycles. The van der Waals surface area contributed by atoms with Gasteiger partial charge in [-0.3, -0.25) is 0 Å². The summed E-state index contributed by atoms with van der Waals surface area (Å²) in [5, 5.41) is 31.2. The van der Waals surface area contributed by atoms with Gasteiger partial charge >= 0.3 is 0 Å². The van der Waals surface area contributed by atoms with Gasteiger partial charge in [0.2, 0.25) is 0 Å². The molecule has 2 aliphatic heterocycles. The first-order valence-corrected chi connectivity index (χ1v) is 30.0. The van der Waals surface area contributed by atoms with Gasteiger partial charge in [-0.25, -0.2) is 0 Å². The lowest BCUT2D eigenvalue weighted by Crippen LogP contribution is -2.46. The van der Waals surface area contributed by atoms with Crippen LogP contribution in [0.2, 0.25) is 0 Å². The van der Waals surface area contributed by atoms with Gasteiger partial charge in [-0.2, -0.15) is 0 Å². The van der Waals surface area contributed by atoms with Crippen molar-refractivity contribution >= 4 is 141 Å². The van der Waals surface area contributed by atoms with Gasteiger partial charge in [0.15, 0.2) is 0 Å². The number of fused-ring (bicyclic) bond motifs is 14. The molecule has 2 bridgehead atoms. The van der Waals surface area contributed by atoms with E-state index in [1.165, 1.54) is 196 Å². The Morgan fingerprint density at radius 2 is 0.518 bits per heavy atom. The summed E-state index contributed by atoms with van der Waals surface area (Å²) in [4.78, 5) is 5.35. The van der Waals surface area contributed by atoms with Crippen molar-refractivity contribution in [3.8, 4) is 44.5 Å². The molecular weight excluding hydrogens is 1020 g/mol. The van der Waals surface area contributed by atoms with Crippen molar-refractivity contribution in [3.63, 3.8) is 0 Å². The van der Waals surface area contributed by atoms with Crippen molar-refractivity contribution < 1.29 is 0 Å². The highest BCUT2D eigenvalue weighted by Gasteiger charge is 2.34. The molecule has 0 radical (unpaired) electrons. The van der Waals surface area contributed by atoms with Gasteiger partial charge in [0.05, 0.1) is 18.0 Å². The molecule has 0 spiro atoms. The second-order valence-corrected chi connectivity index (χ2v) is 24.2. The van der Waals surface area contributed by atoms with Crippen molar-refractivity contribution in [3.05, 3.63) is 278 Å². The Kier molecular flexibility index (Phi) is 9.11. The fourth-order valence-electron chi connectivity index (χ4n) is 16.4. The van der Waals surface area contributed by atoms with E-state index in [0.717, 1.165) is 19.8 Å². The number of anilines is 2. The van der Waals surface area contributed by atoms with Crippen molar-refractivity contribution in [2.24, 2.45) is 0 Å². The summed E-state index contributed by atoms with van der Waals surface area (Å²) in [5.74, 6) is 0. The first-order valence-electron chi connectivity index (χ1n) is 30.0. The van der Waals surface area contributed by atoms with E-state index in [9.17, 15) is 0 Å². The molecule has 0 fully saturated rings. The SMILES string of the molecule is c1ccc2cc(-c3c4ccccc4c(-c4ccc5ccc6c7c(cc8ccc4c5c86)CN4CN7Cc5cc6ccc7c(-c8c9ccccc9c(-c9ccc%10ccccc%10c9)c9ccccc89)ccc8ccc(c54)c6c87)c4ccccc34)ccc2c1. The highest BCUT2D eigenvalue weighted by Crippen LogP contribution is 2.54. The van der Waals surface area contributed by atoms with Crippen LogP contribution in [-0.4, -0.2) is 6.67 Å². The van der Waals surface area contributed by atoms with Gasteiger partial charge in [0.1, 0.15) is 0 Å². The smallest absolute Gasteiger partial charge is 0.0910 e. The van der Waals surface area contributed by atoms with Crippen LogP contribution >= 0.6 is 0 Å². The highest BCUT2D eigenvalue weighted by atomic mass is 15.4. The second kappa shape index (κ2) is 16.9. The average molecular weight is 1080 g/mol. The molecule has 0 atom stereocenters. The molecule has 0 N–H and O–H groups in total. The molecule has 20 rings (SSSR count). The Morgan fingerprint density at radius 3 is 0.918 bits per heavy atom. The average Bonchev–Trinajstić information content (AvgIpc) is 1.22. The van der Waals surface area contributed by atoms with Gasteiger partial charge in [0.25, 0.3) is 0 Å². The van der Waals surface area contributed by atoms with Crippen LogP contribution in [0.3, 0.4) is 0 Å². The summed E-state index contributed by atoms with van der Waals surface area (Å²) in [7, 11) is 0. The zero-order valence-corrected chi connectivity index (χ0v) is 46.4. The number of benzene rings is 18. The largest absolute Gasteiger partial charge is 0.349 e. The minimum absolute atomic E-state index is 0.841. The van der Waals surface area contributed by atoms with E-state index in [1.54, 1.807) is 0 Å². The van der Waals surface area contributed by atoms with Crippen LogP contribution in [0.15, 0.2) is 267 Å². The predicted molar refractivity (Wildman–Crippen MR) is 364 cm³/mol. The first-order chi connectivity index (χ1) is 42.1. The van der Waals surface area contributed by atoms with Crippen LogP contribution in [0.1, 0.15) is 11.1 Å². The molecular formula is C83H50N2. The minimum atomic E-state index is 0.841. The summed E-state index contributed by atoms with van der Waals surface area (Å²) in [6.45, 7) is 2.53. The maximum Gasteiger partial charge on any atom is 0.0910 e. The lowest BCUT2D eigenvalue weighted by molar-refractivity contribution is 0.657. The summed E-state index contributed by atoms with van der Waals surface area (Å²) < 4.78 is 0. The molecule has 2 heteroatoms. The third-order valence-electron chi connectivity index (χ3n) is 19.8. The first kappa shape index (κ1) is 45.8. The van der Waals surface area contributed by atoms with Gasteiger partial charge in [-0.1, -0.05) is 243 Å². The Labute approximate surface area is 489 Å². The minimum Gasteiger partial charge on any atom is -0.349 e. The van der Waals surface area contributed by atoms with Crippen LogP contribution in [0.25, 0.3) is 174 Å². The number of nitrogens with zero attached hydrogens (tertiary/aromatic N) is 2. The number of hydrogen-bond acceptors (Lipinski definition) is 2. The van der Waals surface area contributed by atoms with E-state index in [-0.39, 0.29) is 0 Å². The van der Waals surface area contributed by atoms with Crippen molar-refractivity contribution in [2.45, 2.75) is 13.1 Å². The fraction of sp³-hybridized carbons (Fsp3) is 0.0361. The lowest BCUT2D eigenvalue weighted by Gasteiger charge is -2.46. The zero-order valence-electron chi connectivity index (χ0n) is 46.4. The van der Waals surface area contributed by atoms with Gasteiger partial charge in [-0.05, 0) is 198 Å². The quantitative estimate of drug-likeness (QED) is 0.128. The van der Waals surface area contributed by atoms with Crippen LogP contribution < -0.4 is 9.80 Å². The van der Waals surface area contributed by atoms with Crippen LogP contribution in [-0.2, 0) is 13.1 Å². The fourth-order valence-corrected chi connectivity index (χ4v) is 16.4. The molecule has 392 valence electrons. The molecule has 2 heterocycles. The Balaban J connectivity index is 0.734. The molecule has 18 aromatic carbocycles. The molecule has 2 aliphatic rings. The van der Waals surface area contributed by atoms with Crippen molar-refractivity contribution in [1.29, 1.82) is 0 Å². The lowest BCUT2D eigenvalue weighted by atomic mass is 9.82. The Hall–Kier alpha value is -10.8. The maximum absolute atomic E-state index is 2.67. The number of hydrogen-bond donors (Lipinski definition) is 0. The van der Waals surface area contributed by atoms with E-state index in [4.69, 9.17) is 0 Å². The number of rotatable bonds is 4. The van der Waals surface area contributed by atoms with E-state index >= 15 is 0 Å². The van der Waals surface area contributed by atoms with Crippen LogP contribution in [0.4, 0.5) is 11.4 Å². The molecule has 0 saturated carbocycles. The van der Waals surface area contributed by atoms with Gasteiger partial charge in [-0.15, -0.1) is 0 Å². The topological polar surface area (TPSA) is 6.48 Å². The predicted octanol–water partition coefficient (Wildman–Crippen LogP) is 22.4. The summed E-state index contributed by atoms with van der Waals surface area (Å²) >= 11 is 0. The molecule has 0 unspecified atom stereocenters. The maximum atomic E-state index is 2.67. The summed E-state index contributed by atoms with van der Waals surface area (Å²) in [6, 6.07) is 102. The molecule has 0 aromatic heterocycles. The van der Waals surface area contributed by atoms with Crippen molar-refractivity contribution in [2.75, 3.05) is 16.5 Å². The van der Waals surface area contributed by atoms with E-state index < -0.39 is 0 Å². The standard InChI is InChI=1S/C83H50N2/c1-3-15-52-41-54(27-25-48(52)13-1)74-60-17-5-9-21-64(60)80(65-22-10-6-18-61(65)74)70-35-29-50-31-39-72-78-56(33-37-68(70)76(50)78)43-58-45-85-47-84(82(58)72)46-59-44-57-34-38-69-71(36-30-51-32-40-73(83(59)85)79(57)77(51)69)81-66-23-11-7-19-62(66)75(63-20-8-12-24-67(63)81)55-28-26-49-14-2-4-16-53(49)42-55/h1-44H,45-47H2. The summed E-state index contributed by atoms with van der Waals surface area (Å²) in [5.41, 5.74) is 15.8. The van der Waals surface area contributed by atoms with E-state index in [1.807, 2.05) is 0 Å². The second-order valence-electron chi connectivity index (χ2n) is 24.2. The van der Waals surface area contributed by atoms with E-state index in [2.05, 4.69) is 277 Å². The van der Waals surface area contributed by atoms with E-state index in [0.29, 0.717) is 0 Å². The molecule has 2 nitrogen and oxygen atoms in total. The van der Waals surface area contributed by atoms with Crippen LogP contribution in [0, 0.1) is 0 Å².